The molecule has 0 radical (unpaired) electrons. The number of nitrogens with one attached hydrogen (secondary N) is 2. The van der Waals surface area contributed by atoms with Gasteiger partial charge in [-0.05, 0) is 43.5 Å². The van der Waals surface area contributed by atoms with Gasteiger partial charge in [-0.2, -0.15) is 0 Å². The first-order valence-corrected chi connectivity index (χ1v) is 8.19. The molecule has 0 saturated carbocycles. The van der Waals surface area contributed by atoms with Crippen molar-refractivity contribution in [3.63, 3.8) is 0 Å². The van der Waals surface area contributed by atoms with E-state index < -0.39 is 6.10 Å². The molecule has 1 aromatic carbocycles. The summed E-state index contributed by atoms with van der Waals surface area (Å²) in [5.74, 6) is 0. The van der Waals surface area contributed by atoms with E-state index in [9.17, 15) is 9.90 Å². The highest BCUT2D eigenvalue weighted by Crippen LogP contribution is 2.16. The fourth-order valence-corrected chi connectivity index (χ4v) is 2.59. The van der Waals surface area contributed by atoms with Gasteiger partial charge in [0.2, 0.25) is 0 Å². The Morgan fingerprint density at radius 2 is 1.88 bits per heavy atom. The van der Waals surface area contributed by atoms with Crippen LogP contribution >= 0.6 is 0 Å². The maximum absolute atomic E-state index is 11.9. The number of aliphatic hydroxyl groups excluding tert-OH is 1. The maximum atomic E-state index is 11.9. The Kier molecular flexibility index (Phi) is 6.32. The molecule has 0 unspecified atom stereocenters. The fraction of sp³-hybridized carbons (Fsp3) is 0.368. The zero-order chi connectivity index (χ0) is 17.5. The Balaban J connectivity index is 1.82. The van der Waals surface area contributed by atoms with Gasteiger partial charge in [0, 0.05) is 12.7 Å². The van der Waals surface area contributed by atoms with Crippen LogP contribution in [0.5, 0.6) is 0 Å². The molecule has 1 heterocycles. The minimum atomic E-state index is -0.726. The van der Waals surface area contributed by atoms with Gasteiger partial charge in [-0.1, -0.05) is 36.2 Å². The summed E-state index contributed by atoms with van der Waals surface area (Å²) >= 11 is 0. The monoisotopic (exact) mass is 327 g/mol. The number of benzene rings is 1. The Labute approximate surface area is 143 Å². The second-order valence-corrected chi connectivity index (χ2v) is 6.01. The summed E-state index contributed by atoms with van der Waals surface area (Å²) < 4.78 is 0. The molecule has 1 atom stereocenters. The first kappa shape index (κ1) is 17.9. The van der Waals surface area contributed by atoms with Crippen LogP contribution < -0.4 is 10.6 Å². The number of nitrogens with zero attached hydrogens (tertiary/aromatic N) is 1. The quantitative estimate of drug-likeness (QED) is 0.764. The second-order valence-electron chi connectivity index (χ2n) is 6.01. The largest absolute Gasteiger partial charge is 0.387 e. The molecular weight excluding hydrogens is 302 g/mol. The normalized spacial score (nSPS) is 11.8. The molecule has 1 aromatic heterocycles. The van der Waals surface area contributed by atoms with Crippen molar-refractivity contribution in [2.45, 2.75) is 39.8 Å². The van der Waals surface area contributed by atoms with Crippen LogP contribution in [-0.2, 0) is 13.0 Å². The number of pyridine rings is 1. The summed E-state index contributed by atoms with van der Waals surface area (Å²) in [4.78, 5) is 16.1. The second kappa shape index (κ2) is 8.45. The number of carbonyl (C=O) groups is 1. The van der Waals surface area contributed by atoms with Gasteiger partial charge in [-0.25, -0.2) is 4.79 Å². The van der Waals surface area contributed by atoms with E-state index in [1.807, 2.05) is 44.2 Å². The van der Waals surface area contributed by atoms with Crippen LogP contribution in [0.25, 0.3) is 0 Å². The number of aromatic nitrogens is 1. The minimum Gasteiger partial charge on any atom is -0.387 e. The predicted octanol–water partition coefficient (Wildman–Crippen LogP) is 2.79. The molecule has 0 fully saturated rings. The minimum absolute atomic E-state index is 0.164. The summed E-state index contributed by atoms with van der Waals surface area (Å²) in [6.07, 6.45) is 1.96. The first-order chi connectivity index (χ1) is 11.5. The Morgan fingerprint density at radius 1 is 1.17 bits per heavy atom. The molecule has 0 bridgehead atoms. The molecule has 0 aliphatic heterocycles. The topological polar surface area (TPSA) is 74.2 Å². The summed E-state index contributed by atoms with van der Waals surface area (Å²) in [7, 11) is 0. The molecule has 0 saturated heterocycles. The van der Waals surface area contributed by atoms with Crippen LogP contribution in [0.15, 0.2) is 36.5 Å². The van der Waals surface area contributed by atoms with Crippen LogP contribution in [0.2, 0.25) is 0 Å². The molecule has 2 aromatic rings. The van der Waals surface area contributed by atoms with Crippen molar-refractivity contribution >= 4 is 6.03 Å². The summed E-state index contributed by atoms with van der Waals surface area (Å²) in [6, 6.07) is 9.53. The standard InChI is InChI=1S/C19H25N3O2/c1-4-15-5-6-20-17(10-15)11-21-19(24)22-12-18(23)16-8-13(2)7-14(3)9-16/h5-10,18,23H,4,11-12H2,1-3H3,(H2,21,22,24)/t18-/m1/s1. The molecule has 0 spiro atoms. The van der Waals surface area contributed by atoms with E-state index in [2.05, 4.69) is 22.5 Å². The Hall–Kier alpha value is -2.40. The van der Waals surface area contributed by atoms with E-state index in [0.29, 0.717) is 6.54 Å². The average Bonchev–Trinajstić information content (AvgIpc) is 2.57. The molecule has 24 heavy (non-hydrogen) atoms. The van der Waals surface area contributed by atoms with Gasteiger partial charge in [0.1, 0.15) is 0 Å². The van der Waals surface area contributed by atoms with Crippen molar-refractivity contribution in [1.82, 2.24) is 15.6 Å². The average molecular weight is 327 g/mol. The van der Waals surface area contributed by atoms with Crippen molar-refractivity contribution in [2.75, 3.05) is 6.54 Å². The SMILES string of the molecule is CCc1ccnc(CNC(=O)NC[C@@H](O)c2cc(C)cc(C)c2)c1. The van der Waals surface area contributed by atoms with E-state index in [1.165, 1.54) is 5.56 Å². The number of hydrogen-bond acceptors (Lipinski definition) is 3. The highest BCUT2D eigenvalue weighted by atomic mass is 16.3. The fourth-order valence-electron chi connectivity index (χ4n) is 2.59. The smallest absolute Gasteiger partial charge is 0.315 e. The molecule has 128 valence electrons. The van der Waals surface area contributed by atoms with E-state index in [1.54, 1.807) is 6.20 Å². The zero-order valence-corrected chi connectivity index (χ0v) is 14.5. The van der Waals surface area contributed by atoms with Crippen molar-refractivity contribution < 1.29 is 9.90 Å². The van der Waals surface area contributed by atoms with Gasteiger partial charge in [0.05, 0.1) is 18.3 Å². The number of urea groups is 1. The molecular formula is C19H25N3O2. The first-order valence-electron chi connectivity index (χ1n) is 8.19. The number of hydrogen-bond donors (Lipinski definition) is 3. The number of aliphatic hydroxyl groups is 1. The summed E-state index contributed by atoms with van der Waals surface area (Å²) in [5, 5.41) is 15.7. The van der Waals surface area contributed by atoms with Crippen LogP contribution in [0.1, 0.15) is 41.0 Å². The molecule has 3 N–H and O–H groups in total. The van der Waals surface area contributed by atoms with Crippen molar-refractivity contribution in [3.8, 4) is 0 Å². The third kappa shape index (κ3) is 5.35. The van der Waals surface area contributed by atoms with Crippen LogP contribution in [0.3, 0.4) is 0 Å². The third-order valence-electron chi connectivity index (χ3n) is 3.80. The molecule has 5 nitrogen and oxygen atoms in total. The van der Waals surface area contributed by atoms with Gasteiger partial charge in [-0.15, -0.1) is 0 Å². The van der Waals surface area contributed by atoms with Crippen LogP contribution in [0.4, 0.5) is 4.79 Å². The van der Waals surface area contributed by atoms with Gasteiger partial charge in [0.25, 0.3) is 0 Å². The number of carbonyl (C=O) groups excluding carboxylic acids is 1. The summed E-state index contributed by atoms with van der Waals surface area (Å²) in [6.45, 7) is 6.58. The molecule has 5 heteroatoms. The number of amides is 2. The highest BCUT2D eigenvalue weighted by Gasteiger charge is 2.10. The Morgan fingerprint density at radius 3 is 2.54 bits per heavy atom. The van der Waals surface area contributed by atoms with E-state index in [4.69, 9.17) is 0 Å². The lowest BCUT2D eigenvalue weighted by atomic mass is 10.0. The number of rotatable bonds is 6. The van der Waals surface area contributed by atoms with Gasteiger partial charge < -0.3 is 15.7 Å². The molecule has 2 amide bonds. The van der Waals surface area contributed by atoms with E-state index in [-0.39, 0.29) is 12.6 Å². The predicted molar refractivity (Wildman–Crippen MR) is 94.7 cm³/mol. The van der Waals surface area contributed by atoms with Gasteiger partial charge >= 0.3 is 6.03 Å². The summed E-state index contributed by atoms with van der Waals surface area (Å²) in [5.41, 5.74) is 5.00. The lowest BCUT2D eigenvalue weighted by Gasteiger charge is -2.14. The van der Waals surface area contributed by atoms with Crippen molar-refractivity contribution in [3.05, 3.63) is 64.5 Å². The maximum Gasteiger partial charge on any atom is 0.315 e. The lowest BCUT2D eigenvalue weighted by Crippen LogP contribution is -2.37. The van der Waals surface area contributed by atoms with Gasteiger partial charge in [-0.3, -0.25) is 4.98 Å². The van der Waals surface area contributed by atoms with Crippen LogP contribution in [-0.4, -0.2) is 22.7 Å². The molecule has 0 aliphatic rings. The highest BCUT2D eigenvalue weighted by molar-refractivity contribution is 5.73. The lowest BCUT2D eigenvalue weighted by molar-refractivity contribution is 0.173. The van der Waals surface area contributed by atoms with Crippen molar-refractivity contribution in [2.24, 2.45) is 0 Å². The van der Waals surface area contributed by atoms with Crippen molar-refractivity contribution in [1.29, 1.82) is 0 Å². The zero-order valence-electron chi connectivity index (χ0n) is 14.5. The molecule has 0 aliphatic carbocycles. The molecule has 2 rings (SSSR count). The Bertz CT molecular complexity index is 681. The van der Waals surface area contributed by atoms with Crippen LogP contribution in [0, 0.1) is 13.8 Å². The van der Waals surface area contributed by atoms with E-state index >= 15 is 0 Å². The number of aryl methyl sites for hydroxylation is 3. The third-order valence-corrected chi connectivity index (χ3v) is 3.80. The van der Waals surface area contributed by atoms with E-state index in [0.717, 1.165) is 28.8 Å². The van der Waals surface area contributed by atoms with Gasteiger partial charge in [0.15, 0.2) is 0 Å².